The van der Waals surface area contributed by atoms with Crippen molar-refractivity contribution in [3.8, 4) is 17.2 Å². The van der Waals surface area contributed by atoms with E-state index in [1.807, 2.05) is 36.4 Å². The first-order valence-corrected chi connectivity index (χ1v) is 7.11. The van der Waals surface area contributed by atoms with Crippen molar-refractivity contribution in [2.45, 2.75) is 0 Å². The van der Waals surface area contributed by atoms with Gasteiger partial charge in [-0.25, -0.2) is 0 Å². The Morgan fingerprint density at radius 3 is 2.75 bits per heavy atom. The monoisotopic (exact) mass is 381 g/mol. The normalized spacial score (nSPS) is 12.9. The first-order valence-electron chi connectivity index (χ1n) is 6.03. The highest BCUT2D eigenvalue weighted by Gasteiger charge is 2.16. The zero-order valence-corrected chi connectivity index (χ0v) is 13.0. The predicted molar refractivity (Wildman–Crippen MR) is 85.5 cm³/mol. The summed E-state index contributed by atoms with van der Waals surface area (Å²) in [5, 5.41) is 0. The van der Waals surface area contributed by atoms with Crippen LogP contribution < -0.4 is 14.2 Å². The fraction of sp³-hybridized carbons (Fsp3) is 0.133. The minimum absolute atomic E-state index is 0.246. The van der Waals surface area contributed by atoms with Crippen molar-refractivity contribution >= 4 is 34.5 Å². The number of benzene rings is 2. The molecule has 0 saturated heterocycles. The maximum atomic E-state index is 5.37. The van der Waals surface area contributed by atoms with Gasteiger partial charge in [0.2, 0.25) is 6.79 Å². The molecule has 0 spiro atoms. The molecule has 20 heavy (non-hydrogen) atoms. The average molecular weight is 381 g/mol. The number of hydrogen-bond donors (Lipinski definition) is 0. The Kier molecular flexibility index (Phi) is 3.77. The number of hydrogen-bond acceptors (Lipinski definition) is 4. The summed E-state index contributed by atoms with van der Waals surface area (Å²) in [6.07, 6.45) is 1.77. The molecule has 0 unspecified atom stereocenters. The van der Waals surface area contributed by atoms with Gasteiger partial charge in [-0.05, 0) is 46.9 Å². The SMILES string of the molecule is COc1cc2c(cc1C=Nc1cccc(I)c1)OCO2. The summed E-state index contributed by atoms with van der Waals surface area (Å²) in [4.78, 5) is 4.47. The third-order valence-corrected chi connectivity index (χ3v) is 3.56. The summed E-state index contributed by atoms with van der Waals surface area (Å²) in [5.74, 6) is 2.13. The largest absolute Gasteiger partial charge is 0.496 e. The number of halogens is 1. The van der Waals surface area contributed by atoms with Crippen molar-refractivity contribution in [1.29, 1.82) is 0 Å². The number of methoxy groups -OCH3 is 1. The standard InChI is InChI=1S/C15H12INO3/c1-18-13-7-15-14(19-9-20-15)5-10(13)8-17-12-4-2-3-11(16)6-12/h2-8H,9H2,1H3. The van der Waals surface area contributed by atoms with Gasteiger partial charge in [-0.3, -0.25) is 4.99 Å². The Balaban J connectivity index is 1.94. The summed E-state index contributed by atoms with van der Waals surface area (Å²) in [5.41, 5.74) is 1.76. The van der Waals surface area contributed by atoms with E-state index in [0.717, 1.165) is 20.6 Å². The zero-order chi connectivity index (χ0) is 13.9. The fourth-order valence-corrected chi connectivity index (χ4v) is 2.44. The smallest absolute Gasteiger partial charge is 0.231 e. The van der Waals surface area contributed by atoms with Gasteiger partial charge in [-0.15, -0.1) is 0 Å². The predicted octanol–water partition coefficient (Wildman–Crippen LogP) is 3.78. The molecule has 2 aromatic carbocycles. The van der Waals surface area contributed by atoms with Crippen molar-refractivity contribution in [3.05, 3.63) is 45.5 Å². The molecule has 1 aliphatic heterocycles. The minimum Gasteiger partial charge on any atom is -0.496 e. The summed E-state index contributed by atoms with van der Waals surface area (Å²) in [6, 6.07) is 11.7. The van der Waals surface area contributed by atoms with E-state index in [1.165, 1.54) is 0 Å². The molecule has 102 valence electrons. The highest BCUT2D eigenvalue weighted by molar-refractivity contribution is 14.1. The van der Waals surface area contributed by atoms with Crippen LogP contribution in [0.5, 0.6) is 17.2 Å². The molecule has 3 rings (SSSR count). The van der Waals surface area contributed by atoms with Crippen molar-refractivity contribution in [1.82, 2.24) is 0 Å². The molecule has 0 radical (unpaired) electrons. The van der Waals surface area contributed by atoms with Crippen molar-refractivity contribution in [2.24, 2.45) is 4.99 Å². The zero-order valence-electron chi connectivity index (χ0n) is 10.8. The first kappa shape index (κ1) is 13.2. The minimum atomic E-state index is 0.246. The Morgan fingerprint density at radius 2 is 2.00 bits per heavy atom. The van der Waals surface area contributed by atoms with Crippen molar-refractivity contribution in [2.75, 3.05) is 13.9 Å². The molecule has 0 N–H and O–H groups in total. The van der Waals surface area contributed by atoms with Crippen LogP contribution in [0.25, 0.3) is 0 Å². The summed E-state index contributed by atoms with van der Waals surface area (Å²) >= 11 is 2.26. The second-order valence-corrected chi connectivity index (χ2v) is 5.43. The van der Waals surface area contributed by atoms with E-state index in [4.69, 9.17) is 14.2 Å². The Morgan fingerprint density at radius 1 is 1.20 bits per heavy atom. The van der Waals surface area contributed by atoms with Crippen LogP contribution in [0.1, 0.15) is 5.56 Å². The third kappa shape index (κ3) is 2.72. The van der Waals surface area contributed by atoms with E-state index >= 15 is 0 Å². The molecule has 0 amide bonds. The molecule has 4 nitrogen and oxygen atoms in total. The summed E-state index contributed by atoms with van der Waals surface area (Å²) in [6.45, 7) is 0.246. The van der Waals surface area contributed by atoms with Crippen LogP contribution in [0, 0.1) is 3.57 Å². The fourth-order valence-electron chi connectivity index (χ4n) is 1.92. The average Bonchev–Trinajstić information content (AvgIpc) is 2.91. The maximum Gasteiger partial charge on any atom is 0.231 e. The lowest BCUT2D eigenvalue weighted by Crippen LogP contribution is -1.92. The van der Waals surface area contributed by atoms with E-state index in [0.29, 0.717) is 11.5 Å². The third-order valence-electron chi connectivity index (χ3n) is 2.89. The number of rotatable bonds is 3. The molecule has 0 saturated carbocycles. The molecular weight excluding hydrogens is 369 g/mol. The van der Waals surface area contributed by atoms with Crippen LogP contribution in [0.4, 0.5) is 5.69 Å². The van der Waals surface area contributed by atoms with Crippen LogP contribution in [0.2, 0.25) is 0 Å². The Hall–Kier alpha value is -1.76. The van der Waals surface area contributed by atoms with Crippen LogP contribution >= 0.6 is 22.6 Å². The quantitative estimate of drug-likeness (QED) is 0.600. The molecule has 0 atom stereocenters. The van der Waals surface area contributed by atoms with Crippen molar-refractivity contribution < 1.29 is 14.2 Å². The van der Waals surface area contributed by atoms with Gasteiger partial charge < -0.3 is 14.2 Å². The van der Waals surface area contributed by atoms with E-state index in [-0.39, 0.29) is 6.79 Å². The topological polar surface area (TPSA) is 40.0 Å². The van der Waals surface area contributed by atoms with Gasteiger partial charge in [0.15, 0.2) is 11.5 Å². The number of nitrogens with zero attached hydrogens (tertiary/aromatic N) is 1. The van der Waals surface area contributed by atoms with E-state index in [2.05, 4.69) is 27.6 Å². The number of aliphatic imine (C=N–C) groups is 1. The maximum absolute atomic E-state index is 5.37. The molecule has 1 heterocycles. The first-order chi connectivity index (χ1) is 9.76. The van der Waals surface area contributed by atoms with Gasteiger partial charge in [0.25, 0.3) is 0 Å². The lowest BCUT2D eigenvalue weighted by Gasteiger charge is -2.06. The number of fused-ring (bicyclic) bond motifs is 1. The Labute approximate surface area is 130 Å². The van der Waals surface area contributed by atoms with Gasteiger partial charge >= 0.3 is 0 Å². The van der Waals surface area contributed by atoms with Crippen LogP contribution in [0.3, 0.4) is 0 Å². The second-order valence-electron chi connectivity index (χ2n) is 4.19. The van der Waals surface area contributed by atoms with Crippen LogP contribution in [-0.2, 0) is 0 Å². The highest BCUT2D eigenvalue weighted by Crippen LogP contribution is 2.37. The van der Waals surface area contributed by atoms with Crippen LogP contribution in [0.15, 0.2) is 41.4 Å². The molecular formula is C15H12INO3. The summed E-state index contributed by atoms with van der Waals surface area (Å²) < 4.78 is 17.2. The molecule has 0 aromatic heterocycles. The summed E-state index contributed by atoms with van der Waals surface area (Å²) in [7, 11) is 1.63. The second kappa shape index (κ2) is 5.70. The highest BCUT2D eigenvalue weighted by atomic mass is 127. The van der Waals surface area contributed by atoms with Crippen LogP contribution in [-0.4, -0.2) is 20.1 Å². The molecule has 1 aliphatic rings. The van der Waals surface area contributed by atoms with Crippen molar-refractivity contribution in [3.63, 3.8) is 0 Å². The molecule has 0 bridgehead atoms. The molecule has 5 heteroatoms. The lowest BCUT2D eigenvalue weighted by molar-refractivity contribution is 0.174. The molecule has 0 fully saturated rings. The Bertz CT molecular complexity index is 670. The number of ether oxygens (including phenoxy) is 3. The van der Waals surface area contributed by atoms with Gasteiger partial charge in [0.1, 0.15) is 5.75 Å². The van der Waals surface area contributed by atoms with E-state index in [9.17, 15) is 0 Å². The van der Waals surface area contributed by atoms with Gasteiger partial charge in [-0.2, -0.15) is 0 Å². The van der Waals surface area contributed by atoms with E-state index < -0.39 is 0 Å². The van der Waals surface area contributed by atoms with E-state index in [1.54, 1.807) is 13.3 Å². The molecule has 0 aliphatic carbocycles. The van der Waals surface area contributed by atoms with Gasteiger partial charge in [-0.1, -0.05) is 6.07 Å². The van der Waals surface area contributed by atoms with Gasteiger partial charge in [0, 0.05) is 21.4 Å². The van der Waals surface area contributed by atoms with Gasteiger partial charge in [0.05, 0.1) is 12.8 Å². The lowest BCUT2D eigenvalue weighted by atomic mass is 10.2. The molecule has 2 aromatic rings.